The maximum atomic E-state index is 14.0. The molecule has 2 aromatic carbocycles. The highest BCUT2D eigenvalue weighted by molar-refractivity contribution is 6.01. The summed E-state index contributed by atoms with van der Waals surface area (Å²) in [6.45, 7) is 1.44. The van der Waals surface area contributed by atoms with Gasteiger partial charge in [-0.1, -0.05) is 0 Å². The van der Waals surface area contributed by atoms with E-state index in [0.717, 1.165) is 66.4 Å². The summed E-state index contributed by atoms with van der Waals surface area (Å²) in [6, 6.07) is 13.6. The SMILES string of the molecule is COc1cc(C(=O)N2CC3CCC2[C@@H]3N)cc2nc(-c3cc4ccc(-c5ccc(F)cc5C(N)=O)nc4n3CC3CC3)n(C)c12. The molecular weight excluding hydrogens is 573 g/mol. The number of carbonyl (C=O) groups is 2. The summed E-state index contributed by atoms with van der Waals surface area (Å²) in [5.74, 6) is 0.881. The minimum Gasteiger partial charge on any atom is -0.494 e. The van der Waals surface area contributed by atoms with Gasteiger partial charge in [-0.05, 0) is 86.1 Å². The molecule has 10 nitrogen and oxygen atoms in total. The maximum Gasteiger partial charge on any atom is 0.254 e. The molecule has 2 amide bonds. The van der Waals surface area contributed by atoms with E-state index in [1.165, 1.54) is 12.1 Å². The first kappa shape index (κ1) is 27.8. The number of aryl methyl sites for hydroxylation is 1. The van der Waals surface area contributed by atoms with Crippen molar-refractivity contribution in [3.8, 4) is 28.5 Å². The fraction of sp³-hybridized carbons (Fsp3) is 0.353. The lowest BCUT2D eigenvalue weighted by Crippen LogP contribution is -2.41. The molecule has 0 radical (unpaired) electrons. The number of nitrogens with zero attached hydrogens (tertiary/aromatic N) is 5. The summed E-state index contributed by atoms with van der Waals surface area (Å²) < 4.78 is 24.0. The number of halogens is 1. The summed E-state index contributed by atoms with van der Waals surface area (Å²) in [6.07, 6.45) is 4.28. The highest BCUT2D eigenvalue weighted by atomic mass is 19.1. The third-order valence-corrected chi connectivity index (χ3v) is 9.95. The number of fused-ring (bicyclic) bond motifs is 4. The number of carbonyl (C=O) groups excluding carboxylic acids is 2. The van der Waals surface area contributed by atoms with Crippen molar-refractivity contribution >= 4 is 33.9 Å². The van der Waals surface area contributed by atoms with Crippen LogP contribution < -0.4 is 16.2 Å². The molecule has 2 aliphatic carbocycles. The zero-order chi connectivity index (χ0) is 31.1. The third kappa shape index (κ3) is 4.40. The van der Waals surface area contributed by atoms with Gasteiger partial charge in [0.05, 0.1) is 29.6 Å². The summed E-state index contributed by atoms with van der Waals surface area (Å²) >= 11 is 0. The van der Waals surface area contributed by atoms with Crippen LogP contribution in [0.3, 0.4) is 0 Å². The molecule has 230 valence electrons. The number of aromatic nitrogens is 4. The lowest BCUT2D eigenvalue weighted by atomic mass is 10.0. The topological polar surface area (TPSA) is 134 Å². The standard InChI is InChI=1S/C34H34FN7O3/c1-40-30-25(11-20(13-28(30)45-2)34(44)42-16-19-6-10-26(42)29(19)36)39-33(40)27-12-18-5-9-24(38-32(18)41(27)15-17-3-4-17)22-8-7-21(35)14-23(22)31(37)43/h5,7-9,11-14,17,19,26,29H,3-4,6,10,15-16,36H2,1-2H3,(H2,37,43)/t19?,26?,29-/m1/s1. The van der Waals surface area contributed by atoms with Crippen LogP contribution in [0.5, 0.6) is 5.75 Å². The average Bonchev–Trinajstić information content (AvgIpc) is 3.44. The summed E-state index contributed by atoms with van der Waals surface area (Å²) in [7, 11) is 3.55. The number of likely N-dealkylation sites (tertiary alicyclic amines) is 1. The van der Waals surface area contributed by atoms with Crippen LogP contribution in [-0.2, 0) is 13.6 Å². The number of pyridine rings is 1. The first-order chi connectivity index (χ1) is 21.7. The Kier molecular flexibility index (Phi) is 6.25. The number of primary amides is 1. The Bertz CT molecular complexity index is 2040. The van der Waals surface area contributed by atoms with Gasteiger partial charge in [0.1, 0.15) is 22.7 Å². The summed E-state index contributed by atoms with van der Waals surface area (Å²) in [4.78, 5) is 37.8. The molecule has 3 fully saturated rings. The minimum atomic E-state index is -0.716. The number of amides is 2. The largest absolute Gasteiger partial charge is 0.494 e. The molecule has 8 rings (SSSR count). The van der Waals surface area contributed by atoms with Crippen molar-refractivity contribution in [2.45, 2.75) is 44.3 Å². The van der Waals surface area contributed by atoms with Crippen LogP contribution in [0.25, 0.3) is 44.8 Å². The van der Waals surface area contributed by atoms with Gasteiger partial charge in [-0.2, -0.15) is 0 Å². The Hall–Kier alpha value is -4.77. The number of piperidine rings is 1. The van der Waals surface area contributed by atoms with E-state index in [-0.39, 0.29) is 23.6 Å². The zero-order valence-electron chi connectivity index (χ0n) is 25.2. The molecule has 5 aromatic rings. The summed E-state index contributed by atoms with van der Waals surface area (Å²) in [5, 5.41) is 0.910. The van der Waals surface area contributed by atoms with E-state index in [9.17, 15) is 14.0 Å². The predicted octanol–water partition coefficient (Wildman–Crippen LogP) is 4.48. The molecule has 1 saturated heterocycles. The van der Waals surface area contributed by atoms with Crippen molar-refractivity contribution in [2.75, 3.05) is 13.7 Å². The van der Waals surface area contributed by atoms with E-state index in [0.29, 0.717) is 46.5 Å². The van der Waals surface area contributed by atoms with Gasteiger partial charge >= 0.3 is 0 Å². The van der Waals surface area contributed by atoms with Crippen molar-refractivity contribution in [3.63, 3.8) is 0 Å². The van der Waals surface area contributed by atoms with Gasteiger partial charge in [-0.3, -0.25) is 9.59 Å². The van der Waals surface area contributed by atoms with Gasteiger partial charge in [0, 0.05) is 48.7 Å². The highest BCUT2D eigenvalue weighted by Gasteiger charge is 2.47. The maximum absolute atomic E-state index is 14.0. The molecular formula is C34H34FN7O3. The van der Waals surface area contributed by atoms with E-state index < -0.39 is 11.7 Å². The van der Waals surface area contributed by atoms with Crippen LogP contribution in [0.1, 0.15) is 46.4 Å². The second-order valence-electron chi connectivity index (χ2n) is 12.7. The smallest absolute Gasteiger partial charge is 0.254 e. The number of hydrogen-bond donors (Lipinski definition) is 2. The van der Waals surface area contributed by atoms with Gasteiger partial charge in [0.15, 0.2) is 5.82 Å². The number of nitrogens with two attached hydrogens (primary N) is 2. The van der Waals surface area contributed by atoms with Gasteiger partial charge in [-0.15, -0.1) is 0 Å². The van der Waals surface area contributed by atoms with Gasteiger partial charge in [-0.25, -0.2) is 14.4 Å². The molecule has 45 heavy (non-hydrogen) atoms. The van der Waals surface area contributed by atoms with Gasteiger partial charge < -0.3 is 30.2 Å². The number of benzene rings is 2. The van der Waals surface area contributed by atoms with E-state index in [4.69, 9.17) is 26.2 Å². The van der Waals surface area contributed by atoms with Crippen LogP contribution in [0, 0.1) is 17.7 Å². The second-order valence-corrected chi connectivity index (χ2v) is 12.7. The van der Waals surface area contributed by atoms with Crippen molar-refractivity contribution in [2.24, 2.45) is 30.4 Å². The monoisotopic (exact) mass is 607 g/mol. The second kappa shape index (κ2) is 10.1. The quantitative estimate of drug-likeness (QED) is 0.280. The van der Waals surface area contributed by atoms with Crippen molar-refractivity contribution < 1.29 is 18.7 Å². The molecule has 3 atom stereocenters. The molecule has 2 unspecified atom stereocenters. The Morgan fingerprint density at radius 2 is 1.87 bits per heavy atom. The fourth-order valence-electron chi connectivity index (χ4n) is 7.42. The number of methoxy groups -OCH3 is 1. The predicted molar refractivity (Wildman–Crippen MR) is 168 cm³/mol. The molecule has 3 aromatic heterocycles. The molecule has 11 heteroatoms. The Morgan fingerprint density at radius 1 is 1.04 bits per heavy atom. The lowest BCUT2D eigenvalue weighted by Gasteiger charge is -2.27. The van der Waals surface area contributed by atoms with E-state index in [2.05, 4.69) is 10.6 Å². The van der Waals surface area contributed by atoms with Crippen LogP contribution in [0.15, 0.2) is 48.5 Å². The van der Waals surface area contributed by atoms with Crippen LogP contribution >= 0.6 is 0 Å². The zero-order valence-corrected chi connectivity index (χ0v) is 25.2. The van der Waals surface area contributed by atoms with Crippen LogP contribution in [0.4, 0.5) is 4.39 Å². The van der Waals surface area contributed by atoms with E-state index >= 15 is 0 Å². The van der Waals surface area contributed by atoms with Crippen LogP contribution in [0.2, 0.25) is 0 Å². The Labute approximate surface area is 258 Å². The van der Waals surface area contributed by atoms with E-state index in [1.54, 1.807) is 13.2 Å². The summed E-state index contributed by atoms with van der Waals surface area (Å²) in [5.41, 5.74) is 16.7. The lowest BCUT2D eigenvalue weighted by molar-refractivity contribution is 0.0700. The van der Waals surface area contributed by atoms with Crippen molar-refractivity contribution in [3.05, 3.63) is 65.5 Å². The van der Waals surface area contributed by atoms with Gasteiger partial charge in [0.25, 0.3) is 5.91 Å². The van der Waals surface area contributed by atoms with Crippen LogP contribution in [-0.4, -0.2) is 61.6 Å². The Balaban J connectivity index is 1.25. The molecule has 3 aliphatic rings. The molecule has 4 N–H and O–H groups in total. The normalized spacial score (nSPS) is 20.9. The number of imidazole rings is 1. The number of ether oxygens (including phenoxy) is 1. The highest BCUT2D eigenvalue weighted by Crippen LogP contribution is 2.40. The number of rotatable bonds is 7. The first-order valence-electron chi connectivity index (χ1n) is 15.4. The molecule has 2 saturated carbocycles. The minimum absolute atomic E-state index is 0.0361. The van der Waals surface area contributed by atoms with Crippen molar-refractivity contribution in [1.29, 1.82) is 0 Å². The van der Waals surface area contributed by atoms with Crippen molar-refractivity contribution in [1.82, 2.24) is 24.0 Å². The third-order valence-electron chi connectivity index (χ3n) is 9.95. The molecule has 0 spiro atoms. The molecule has 2 bridgehead atoms. The molecule has 1 aliphatic heterocycles. The van der Waals surface area contributed by atoms with E-state index in [1.807, 2.05) is 34.7 Å². The fourth-order valence-corrected chi connectivity index (χ4v) is 7.42. The van der Waals surface area contributed by atoms with Gasteiger partial charge in [0.2, 0.25) is 5.91 Å². The average molecular weight is 608 g/mol. The Morgan fingerprint density at radius 3 is 2.56 bits per heavy atom. The number of hydrogen-bond acceptors (Lipinski definition) is 6. The first-order valence-corrected chi connectivity index (χ1v) is 15.4. The molecule has 4 heterocycles.